The van der Waals surface area contributed by atoms with Gasteiger partial charge < -0.3 is 15.7 Å². The number of carbonyl (C=O) groups is 1. The molecule has 0 aliphatic carbocycles. The highest BCUT2D eigenvalue weighted by atomic mass is 35.5. The molecule has 1 amide bonds. The SMILES string of the molecule is O=C(NCCO)c1cccc(-c2cccc(NCc3ccc(Cl)cc3Cl)n2)c1. The number of aliphatic hydroxyl groups excluding tert-OH is 1. The lowest BCUT2D eigenvalue weighted by Crippen LogP contribution is -2.26. The van der Waals surface area contributed by atoms with Crippen molar-refractivity contribution in [3.05, 3.63) is 81.8 Å². The molecule has 3 N–H and O–H groups in total. The van der Waals surface area contributed by atoms with Crippen molar-refractivity contribution in [2.24, 2.45) is 0 Å². The summed E-state index contributed by atoms with van der Waals surface area (Å²) in [6.45, 7) is 0.627. The highest BCUT2D eigenvalue weighted by Gasteiger charge is 2.08. The minimum Gasteiger partial charge on any atom is -0.395 e. The Morgan fingerprint density at radius 3 is 2.64 bits per heavy atom. The predicted molar refractivity (Wildman–Crippen MR) is 113 cm³/mol. The van der Waals surface area contributed by atoms with Gasteiger partial charge in [0.15, 0.2) is 0 Å². The van der Waals surface area contributed by atoms with Crippen molar-refractivity contribution in [2.45, 2.75) is 6.54 Å². The van der Waals surface area contributed by atoms with Gasteiger partial charge in [0.25, 0.3) is 5.91 Å². The molecule has 0 saturated carbocycles. The summed E-state index contributed by atoms with van der Waals surface area (Å²) in [4.78, 5) is 16.7. The summed E-state index contributed by atoms with van der Waals surface area (Å²) in [5.74, 6) is 0.459. The van der Waals surface area contributed by atoms with Crippen molar-refractivity contribution in [3.8, 4) is 11.3 Å². The maximum atomic E-state index is 12.1. The second-order valence-electron chi connectivity index (χ2n) is 6.06. The van der Waals surface area contributed by atoms with Crippen LogP contribution in [0.15, 0.2) is 60.7 Å². The average Bonchev–Trinajstić information content (AvgIpc) is 2.71. The fourth-order valence-electron chi connectivity index (χ4n) is 2.64. The van der Waals surface area contributed by atoms with Crippen LogP contribution in [0.25, 0.3) is 11.3 Å². The minimum absolute atomic E-state index is 0.0989. The van der Waals surface area contributed by atoms with E-state index in [0.29, 0.717) is 28.0 Å². The number of hydrogen-bond donors (Lipinski definition) is 3. The molecule has 0 fully saturated rings. The number of amides is 1. The van der Waals surface area contributed by atoms with E-state index < -0.39 is 0 Å². The number of aliphatic hydroxyl groups is 1. The lowest BCUT2D eigenvalue weighted by Gasteiger charge is -2.10. The molecule has 3 aromatic rings. The maximum absolute atomic E-state index is 12.1. The highest BCUT2D eigenvalue weighted by molar-refractivity contribution is 6.35. The van der Waals surface area contributed by atoms with Crippen molar-refractivity contribution in [1.29, 1.82) is 0 Å². The molecule has 5 nitrogen and oxygen atoms in total. The van der Waals surface area contributed by atoms with Gasteiger partial charge in [-0.1, -0.05) is 47.5 Å². The molecule has 0 radical (unpaired) electrons. The Balaban J connectivity index is 1.75. The zero-order valence-electron chi connectivity index (χ0n) is 15.0. The first-order valence-corrected chi connectivity index (χ1v) is 9.47. The van der Waals surface area contributed by atoms with Crippen molar-refractivity contribution in [1.82, 2.24) is 10.3 Å². The van der Waals surface area contributed by atoms with E-state index >= 15 is 0 Å². The Hall–Kier alpha value is -2.60. The van der Waals surface area contributed by atoms with E-state index in [4.69, 9.17) is 28.3 Å². The van der Waals surface area contributed by atoms with Gasteiger partial charge in [-0.3, -0.25) is 4.79 Å². The van der Waals surface area contributed by atoms with Gasteiger partial charge >= 0.3 is 0 Å². The first-order valence-electron chi connectivity index (χ1n) is 8.71. The van der Waals surface area contributed by atoms with Gasteiger partial charge in [0.2, 0.25) is 0 Å². The third-order valence-corrected chi connectivity index (χ3v) is 4.63. The van der Waals surface area contributed by atoms with Crippen LogP contribution in [0.1, 0.15) is 15.9 Å². The van der Waals surface area contributed by atoms with E-state index in [1.165, 1.54) is 0 Å². The third kappa shape index (κ3) is 5.23. The number of halogens is 2. The number of nitrogens with one attached hydrogen (secondary N) is 2. The molecule has 3 rings (SSSR count). The lowest BCUT2D eigenvalue weighted by atomic mass is 10.1. The van der Waals surface area contributed by atoms with Crippen molar-refractivity contribution in [2.75, 3.05) is 18.5 Å². The molecule has 0 saturated heterocycles. The van der Waals surface area contributed by atoms with E-state index in [1.54, 1.807) is 30.3 Å². The first kappa shape index (κ1) is 20.1. The zero-order valence-corrected chi connectivity index (χ0v) is 16.5. The number of anilines is 1. The summed E-state index contributed by atoms with van der Waals surface area (Å²) in [5.41, 5.74) is 2.99. The van der Waals surface area contributed by atoms with Crippen LogP contribution in [0, 0.1) is 0 Å². The van der Waals surface area contributed by atoms with Crippen LogP contribution >= 0.6 is 23.2 Å². The molecule has 28 heavy (non-hydrogen) atoms. The van der Waals surface area contributed by atoms with Gasteiger partial charge in [-0.15, -0.1) is 0 Å². The van der Waals surface area contributed by atoms with Crippen LogP contribution in [-0.4, -0.2) is 29.1 Å². The Morgan fingerprint density at radius 1 is 1.04 bits per heavy atom. The number of rotatable bonds is 7. The molecule has 0 atom stereocenters. The van der Waals surface area contributed by atoms with Gasteiger partial charge in [-0.05, 0) is 42.0 Å². The number of nitrogens with zero attached hydrogens (tertiary/aromatic N) is 1. The summed E-state index contributed by atoms with van der Waals surface area (Å²) in [7, 11) is 0. The fourth-order valence-corrected chi connectivity index (χ4v) is 3.11. The van der Waals surface area contributed by atoms with Crippen LogP contribution in [0.3, 0.4) is 0 Å². The summed E-state index contributed by atoms with van der Waals surface area (Å²) in [6.07, 6.45) is 0. The second-order valence-corrected chi connectivity index (χ2v) is 6.90. The lowest BCUT2D eigenvalue weighted by molar-refractivity contribution is 0.0945. The number of aromatic nitrogens is 1. The van der Waals surface area contributed by atoms with Crippen molar-refractivity contribution < 1.29 is 9.90 Å². The Kier molecular flexibility index (Phi) is 6.87. The molecule has 1 aromatic heterocycles. The quantitative estimate of drug-likeness (QED) is 0.534. The molecule has 7 heteroatoms. The van der Waals surface area contributed by atoms with E-state index in [9.17, 15) is 4.79 Å². The van der Waals surface area contributed by atoms with E-state index in [0.717, 1.165) is 16.8 Å². The second kappa shape index (κ2) is 9.55. The monoisotopic (exact) mass is 415 g/mol. The highest BCUT2D eigenvalue weighted by Crippen LogP contribution is 2.23. The van der Waals surface area contributed by atoms with Gasteiger partial charge in [0.1, 0.15) is 5.82 Å². The van der Waals surface area contributed by atoms with Gasteiger partial charge in [-0.25, -0.2) is 4.98 Å². The Labute approximate surface area is 173 Å². The van der Waals surface area contributed by atoms with Crippen LogP contribution in [0.2, 0.25) is 10.0 Å². The summed E-state index contributed by atoms with van der Waals surface area (Å²) in [6, 6.07) is 18.2. The largest absolute Gasteiger partial charge is 0.395 e. The minimum atomic E-state index is -0.234. The molecular weight excluding hydrogens is 397 g/mol. The zero-order chi connectivity index (χ0) is 19.9. The van der Waals surface area contributed by atoms with Crippen LogP contribution in [0.5, 0.6) is 0 Å². The number of hydrogen-bond acceptors (Lipinski definition) is 4. The van der Waals surface area contributed by atoms with Crippen molar-refractivity contribution in [3.63, 3.8) is 0 Å². The normalized spacial score (nSPS) is 10.5. The van der Waals surface area contributed by atoms with E-state index in [1.807, 2.05) is 30.3 Å². The molecule has 0 spiro atoms. The van der Waals surface area contributed by atoms with Gasteiger partial charge in [0, 0.05) is 34.3 Å². The van der Waals surface area contributed by atoms with Crippen LogP contribution in [-0.2, 0) is 6.54 Å². The molecule has 0 unspecified atom stereocenters. The molecule has 2 aromatic carbocycles. The summed E-state index contributed by atoms with van der Waals surface area (Å²) in [5, 5.41) is 15.9. The summed E-state index contributed by atoms with van der Waals surface area (Å²) >= 11 is 12.1. The number of pyridine rings is 1. The standard InChI is InChI=1S/C21H19Cl2N3O2/c22-17-8-7-16(18(23)12-17)13-25-20-6-2-5-19(26-20)14-3-1-4-15(11-14)21(28)24-9-10-27/h1-8,11-12,27H,9-10,13H2,(H,24,28)(H,25,26). The van der Waals surface area contributed by atoms with E-state index in [-0.39, 0.29) is 19.1 Å². The number of carbonyl (C=O) groups excluding carboxylic acids is 1. The summed E-state index contributed by atoms with van der Waals surface area (Å²) < 4.78 is 0. The average molecular weight is 416 g/mol. The Bertz CT molecular complexity index is 979. The smallest absolute Gasteiger partial charge is 0.251 e. The van der Waals surface area contributed by atoms with Crippen molar-refractivity contribution >= 4 is 34.9 Å². The molecular formula is C21H19Cl2N3O2. The van der Waals surface area contributed by atoms with Crippen LogP contribution in [0.4, 0.5) is 5.82 Å². The fraction of sp³-hybridized carbons (Fsp3) is 0.143. The first-order chi connectivity index (χ1) is 13.6. The molecule has 0 bridgehead atoms. The predicted octanol–water partition coefficient (Wildman–Crippen LogP) is 4.39. The maximum Gasteiger partial charge on any atom is 0.251 e. The molecule has 144 valence electrons. The number of benzene rings is 2. The van der Waals surface area contributed by atoms with Gasteiger partial charge in [-0.2, -0.15) is 0 Å². The van der Waals surface area contributed by atoms with Crippen LogP contribution < -0.4 is 10.6 Å². The van der Waals surface area contributed by atoms with E-state index in [2.05, 4.69) is 15.6 Å². The Morgan fingerprint density at radius 2 is 1.86 bits per heavy atom. The topological polar surface area (TPSA) is 74.2 Å². The molecule has 0 aliphatic heterocycles. The molecule has 1 heterocycles. The molecule has 0 aliphatic rings. The third-order valence-electron chi connectivity index (χ3n) is 4.04. The van der Waals surface area contributed by atoms with Gasteiger partial charge in [0.05, 0.1) is 12.3 Å².